The van der Waals surface area contributed by atoms with Gasteiger partial charge in [0.25, 0.3) is 0 Å². The maximum Gasteiger partial charge on any atom is 0.329 e. The maximum atomic E-state index is 10.3. The van der Waals surface area contributed by atoms with Crippen LogP contribution in [0, 0.1) is 0 Å². The predicted octanol–water partition coefficient (Wildman–Crippen LogP) is 1.58. The van der Waals surface area contributed by atoms with Crippen LogP contribution in [0.5, 0.6) is 0 Å². The third-order valence-corrected chi connectivity index (χ3v) is 2.21. The number of thiocarbonyl (C=S) groups is 1. The number of hydrogen-bond donors (Lipinski definition) is 2. The molecule has 0 saturated carbocycles. The minimum atomic E-state index is -1.09. The van der Waals surface area contributed by atoms with E-state index in [0.717, 1.165) is 5.56 Å². The van der Waals surface area contributed by atoms with E-state index in [-0.39, 0.29) is 5.05 Å². The lowest BCUT2D eigenvalue weighted by Gasteiger charge is -2.14. The van der Waals surface area contributed by atoms with E-state index < -0.39 is 18.7 Å². The van der Waals surface area contributed by atoms with Gasteiger partial charge in [-0.05, 0) is 17.8 Å². The molecule has 0 fully saturated rings. The molecule has 0 aromatic heterocycles. The number of carbonyl (C=O) groups is 1. The average Bonchev–Trinajstić information content (AvgIpc) is 2.25. The van der Waals surface area contributed by atoms with Gasteiger partial charge in [0, 0.05) is 6.42 Å². The molecular weight excluding hydrogens is 228 g/mol. The van der Waals surface area contributed by atoms with Gasteiger partial charge in [0.2, 0.25) is 0 Å². The minimum Gasteiger partial charge on any atom is -0.500 e. The van der Waals surface area contributed by atoms with Crippen LogP contribution in [0.25, 0.3) is 0 Å². The number of ether oxygens (including phenoxy) is 1. The fourth-order valence-electron chi connectivity index (χ4n) is 1.22. The van der Waals surface area contributed by atoms with Crippen LogP contribution in [0.3, 0.4) is 0 Å². The quantitative estimate of drug-likeness (QED) is 0.739. The van der Waals surface area contributed by atoms with E-state index >= 15 is 0 Å². The summed E-state index contributed by atoms with van der Waals surface area (Å²) in [6, 6.07) is 9.28. The van der Waals surface area contributed by atoms with Gasteiger partial charge >= 0.3 is 5.97 Å². The summed E-state index contributed by atoms with van der Waals surface area (Å²) in [4.78, 5) is 10.3. The predicted molar refractivity (Wildman–Crippen MR) is 62.7 cm³/mol. The minimum absolute atomic E-state index is 0.329. The lowest BCUT2D eigenvalue weighted by Crippen LogP contribution is -2.27. The van der Waals surface area contributed by atoms with Gasteiger partial charge in [-0.2, -0.15) is 0 Å². The molecule has 5 heteroatoms. The summed E-state index contributed by atoms with van der Waals surface area (Å²) < 4.78 is 4.98. The van der Waals surface area contributed by atoms with Crippen molar-refractivity contribution in [2.24, 2.45) is 0 Å². The van der Waals surface area contributed by atoms with Crippen molar-refractivity contribution in [3.63, 3.8) is 0 Å². The van der Waals surface area contributed by atoms with Crippen LogP contribution in [0.15, 0.2) is 30.3 Å². The van der Waals surface area contributed by atoms with Crippen molar-refractivity contribution in [3.8, 4) is 0 Å². The van der Waals surface area contributed by atoms with E-state index in [2.05, 4.69) is 12.2 Å². The lowest BCUT2D eigenvalue weighted by molar-refractivity contribution is -0.143. The Kier molecular flexibility index (Phi) is 4.88. The highest BCUT2D eigenvalue weighted by Crippen LogP contribution is 2.07. The first kappa shape index (κ1) is 12.6. The molecule has 0 saturated heterocycles. The topological polar surface area (TPSA) is 66.8 Å². The van der Waals surface area contributed by atoms with Gasteiger partial charge in [-0.3, -0.25) is 0 Å². The van der Waals surface area contributed by atoms with E-state index in [1.54, 1.807) is 0 Å². The van der Waals surface area contributed by atoms with Crippen LogP contribution >= 0.6 is 12.2 Å². The number of aliphatic hydroxyl groups is 1. The molecule has 1 atom stereocenters. The Morgan fingerprint density at radius 2 is 1.94 bits per heavy atom. The fraction of sp³-hybridized carbons (Fsp3) is 0.273. The van der Waals surface area contributed by atoms with E-state index in [0.29, 0.717) is 6.42 Å². The fourth-order valence-corrected chi connectivity index (χ4v) is 1.37. The Bertz CT molecular complexity index is 364. The highest BCUT2D eigenvalue weighted by Gasteiger charge is 2.16. The normalized spacial score (nSPS) is 12.0. The van der Waals surface area contributed by atoms with Crippen LogP contribution in [0.1, 0.15) is 5.56 Å². The van der Waals surface area contributed by atoms with E-state index in [9.17, 15) is 9.90 Å². The molecular formula is C11H12O4S. The average molecular weight is 240 g/mol. The zero-order chi connectivity index (χ0) is 12.0. The van der Waals surface area contributed by atoms with Crippen molar-refractivity contribution in [1.29, 1.82) is 0 Å². The van der Waals surface area contributed by atoms with Gasteiger partial charge in [0.15, 0.2) is 5.05 Å². The van der Waals surface area contributed by atoms with E-state index in [1.807, 2.05) is 30.3 Å². The van der Waals surface area contributed by atoms with Gasteiger partial charge in [-0.25, -0.2) is 4.79 Å². The standard InChI is InChI=1S/C11H12O4S/c12-10(13)7-15-9(11(14)16)6-8-4-2-1-3-5-8/h1-5,9H,6-7H2,(H,12,13)(H,14,16). The van der Waals surface area contributed by atoms with Crippen molar-refractivity contribution in [2.75, 3.05) is 6.61 Å². The van der Waals surface area contributed by atoms with Gasteiger partial charge < -0.3 is 14.9 Å². The summed E-state index contributed by atoms with van der Waals surface area (Å²) in [7, 11) is 0. The summed E-state index contributed by atoms with van der Waals surface area (Å²) in [5.74, 6) is -1.09. The molecule has 2 N–H and O–H groups in total. The molecule has 0 spiro atoms. The van der Waals surface area contributed by atoms with Gasteiger partial charge in [-0.15, -0.1) is 0 Å². The molecule has 0 heterocycles. The number of aliphatic hydroxyl groups excluding tert-OH is 1. The highest BCUT2D eigenvalue weighted by atomic mass is 32.1. The molecule has 0 aliphatic carbocycles. The summed E-state index contributed by atoms with van der Waals surface area (Å²) >= 11 is 4.61. The van der Waals surface area contributed by atoms with E-state index in [1.165, 1.54) is 0 Å². The number of benzene rings is 1. The van der Waals surface area contributed by atoms with Crippen LogP contribution in [0.4, 0.5) is 0 Å². The summed E-state index contributed by atoms with van der Waals surface area (Å²) in [5.41, 5.74) is 0.925. The first-order chi connectivity index (χ1) is 7.59. The third kappa shape index (κ3) is 4.37. The largest absolute Gasteiger partial charge is 0.500 e. The first-order valence-corrected chi connectivity index (χ1v) is 5.10. The molecule has 0 aliphatic heterocycles. The molecule has 1 aromatic rings. The monoisotopic (exact) mass is 240 g/mol. The number of carboxylic acids is 1. The Morgan fingerprint density at radius 3 is 2.44 bits per heavy atom. The van der Waals surface area contributed by atoms with Gasteiger partial charge in [0.05, 0.1) is 0 Å². The van der Waals surface area contributed by atoms with Gasteiger partial charge in [0.1, 0.15) is 12.7 Å². The van der Waals surface area contributed by atoms with E-state index in [4.69, 9.17) is 9.84 Å². The summed E-state index contributed by atoms with van der Waals surface area (Å²) in [5, 5.41) is 17.3. The molecule has 0 bridgehead atoms. The summed E-state index contributed by atoms with van der Waals surface area (Å²) in [6.07, 6.45) is -0.391. The van der Waals surface area contributed by atoms with Gasteiger partial charge in [-0.1, -0.05) is 30.3 Å². The number of hydrogen-bond acceptors (Lipinski definition) is 3. The Hall–Kier alpha value is -1.46. The van der Waals surface area contributed by atoms with Crippen LogP contribution < -0.4 is 0 Å². The summed E-state index contributed by atoms with van der Waals surface area (Å²) in [6.45, 7) is -0.474. The second kappa shape index (κ2) is 6.19. The Balaban J connectivity index is 2.58. The molecule has 16 heavy (non-hydrogen) atoms. The van der Waals surface area contributed by atoms with Crippen LogP contribution in [0.2, 0.25) is 0 Å². The van der Waals surface area contributed by atoms with Crippen molar-refractivity contribution in [1.82, 2.24) is 0 Å². The lowest BCUT2D eigenvalue weighted by atomic mass is 10.1. The highest BCUT2D eigenvalue weighted by molar-refractivity contribution is 7.80. The maximum absolute atomic E-state index is 10.3. The molecule has 1 rings (SSSR count). The first-order valence-electron chi connectivity index (χ1n) is 4.69. The molecule has 1 aromatic carbocycles. The zero-order valence-electron chi connectivity index (χ0n) is 8.50. The van der Waals surface area contributed by atoms with Crippen molar-refractivity contribution < 1.29 is 19.7 Å². The second-order valence-corrected chi connectivity index (χ2v) is 3.64. The van der Waals surface area contributed by atoms with Crippen molar-refractivity contribution in [2.45, 2.75) is 12.5 Å². The van der Waals surface area contributed by atoms with Crippen molar-refractivity contribution in [3.05, 3.63) is 35.9 Å². The van der Waals surface area contributed by atoms with Crippen LogP contribution in [-0.4, -0.2) is 33.9 Å². The molecule has 0 aliphatic rings. The second-order valence-electron chi connectivity index (χ2n) is 3.22. The Labute approximate surface area is 98.5 Å². The van der Waals surface area contributed by atoms with Crippen LogP contribution in [-0.2, 0) is 16.0 Å². The Morgan fingerprint density at radius 1 is 1.31 bits per heavy atom. The SMILES string of the molecule is O=C(O)COC(Cc1ccccc1)C(O)=S. The zero-order valence-corrected chi connectivity index (χ0v) is 9.31. The number of aliphatic carboxylic acids is 1. The molecule has 1 unspecified atom stereocenters. The third-order valence-electron chi connectivity index (χ3n) is 1.95. The molecule has 0 radical (unpaired) electrons. The number of carboxylic acid groups (broad SMARTS) is 1. The molecule has 4 nitrogen and oxygen atoms in total. The smallest absolute Gasteiger partial charge is 0.329 e. The molecule has 86 valence electrons. The van der Waals surface area contributed by atoms with Crippen molar-refractivity contribution >= 4 is 23.2 Å². The molecule has 0 amide bonds. The number of rotatable bonds is 6.